The minimum atomic E-state index is 0. The molecule has 0 fully saturated rings. The van der Waals surface area contributed by atoms with E-state index in [2.05, 4.69) is 33.4 Å². The molecule has 1 atom stereocenters. The maximum Gasteiger partial charge on any atom is 0.193 e. The summed E-state index contributed by atoms with van der Waals surface area (Å²) in [7, 11) is 4.01. The lowest BCUT2D eigenvalue weighted by Gasteiger charge is -2.20. The van der Waals surface area contributed by atoms with Gasteiger partial charge >= 0.3 is 0 Å². The van der Waals surface area contributed by atoms with Crippen LogP contribution in [0.5, 0.6) is 0 Å². The van der Waals surface area contributed by atoms with Gasteiger partial charge in [-0.3, -0.25) is 9.89 Å². The number of nitrogens with one attached hydrogen (secondary N) is 1. The highest BCUT2D eigenvalue weighted by molar-refractivity contribution is 14.0. The smallest absolute Gasteiger partial charge is 0.193 e. The summed E-state index contributed by atoms with van der Waals surface area (Å²) < 4.78 is 5.49. The number of rotatable bonds is 5. The van der Waals surface area contributed by atoms with Crippen molar-refractivity contribution in [3.8, 4) is 0 Å². The molecular weight excluding hydrogens is 415 g/mol. The fourth-order valence-corrected chi connectivity index (χ4v) is 3.01. The molecule has 0 saturated carbocycles. The van der Waals surface area contributed by atoms with Crippen LogP contribution < -0.4 is 11.1 Å². The van der Waals surface area contributed by atoms with E-state index >= 15 is 0 Å². The number of hydrogen-bond acceptors (Lipinski definition) is 3. The van der Waals surface area contributed by atoms with Crippen LogP contribution in [0.3, 0.4) is 0 Å². The van der Waals surface area contributed by atoms with Crippen LogP contribution in [0.4, 0.5) is 5.69 Å². The molecule has 0 spiro atoms. The Morgan fingerprint density at radius 2 is 2.08 bits per heavy atom. The number of fused-ring (bicyclic) bond motifs is 1. The highest BCUT2D eigenvalue weighted by Gasteiger charge is 2.16. The van der Waals surface area contributed by atoms with Crippen LogP contribution in [-0.4, -0.2) is 31.5 Å². The predicted octanol–water partition coefficient (Wildman–Crippen LogP) is 3.42. The van der Waals surface area contributed by atoms with Crippen LogP contribution in [0.25, 0.3) is 0 Å². The van der Waals surface area contributed by atoms with E-state index in [0.717, 1.165) is 17.9 Å². The average molecular weight is 440 g/mol. The fraction of sp³-hybridized carbons (Fsp3) is 0.389. The van der Waals surface area contributed by atoms with Gasteiger partial charge in [0.05, 0.1) is 18.8 Å². The zero-order valence-corrected chi connectivity index (χ0v) is 16.5. The molecule has 5 nitrogen and oxygen atoms in total. The minimum Gasteiger partial charge on any atom is -0.468 e. The van der Waals surface area contributed by atoms with Crippen LogP contribution in [0.1, 0.15) is 29.3 Å². The summed E-state index contributed by atoms with van der Waals surface area (Å²) in [5, 5.41) is 3.19. The molecule has 1 unspecified atom stereocenters. The van der Waals surface area contributed by atoms with Gasteiger partial charge in [-0.25, -0.2) is 0 Å². The number of nitrogens with two attached hydrogens (primary N) is 1. The first-order valence-corrected chi connectivity index (χ1v) is 8.02. The number of hydrogen-bond donors (Lipinski definition) is 2. The summed E-state index contributed by atoms with van der Waals surface area (Å²) in [4.78, 5) is 6.55. The molecule has 0 saturated heterocycles. The number of furan rings is 1. The Hall–Kier alpha value is -1.54. The lowest BCUT2D eigenvalue weighted by atomic mass is 10.1. The number of nitrogens with zero attached hydrogens (tertiary/aromatic N) is 2. The SMILES string of the molecule is CN(C)C(CN=C(N)Nc1ccc2c(c1)CCC2)c1ccco1.I. The molecule has 0 aliphatic heterocycles. The van der Waals surface area contributed by atoms with E-state index in [1.54, 1.807) is 6.26 Å². The summed E-state index contributed by atoms with van der Waals surface area (Å²) in [6.07, 6.45) is 5.27. The summed E-state index contributed by atoms with van der Waals surface area (Å²) in [6, 6.07) is 10.4. The van der Waals surface area contributed by atoms with Gasteiger partial charge < -0.3 is 15.5 Å². The Balaban J connectivity index is 0.00000208. The molecule has 0 amide bonds. The number of halogens is 1. The van der Waals surface area contributed by atoms with E-state index < -0.39 is 0 Å². The lowest BCUT2D eigenvalue weighted by Crippen LogP contribution is -2.27. The van der Waals surface area contributed by atoms with Gasteiger partial charge in [-0.1, -0.05) is 6.07 Å². The minimum absolute atomic E-state index is 0. The maximum atomic E-state index is 6.04. The van der Waals surface area contributed by atoms with E-state index in [4.69, 9.17) is 10.2 Å². The Morgan fingerprint density at radius 1 is 1.29 bits per heavy atom. The molecule has 3 rings (SSSR count). The predicted molar refractivity (Wildman–Crippen MR) is 109 cm³/mol. The van der Waals surface area contributed by atoms with Crippen molar-refractivity contribution in [3.05, 3.63) is 53.5 Å². The average Bonchev–Trinajstić information content (AvgIpc) is 3.17. The molecule has 1 heterocycles. The number of aryl methyl sites for hydroxylation is 2. The van der Waals surface area contributed by atoms with Crippen molar-refractivity contribution in [2.45, 2.75) is 25.3 Å². The molecule has 2 aromatic rings. The van der Waals surface area contributed by atoms with E-state index in [9.17, 15) is 0 Å². The third-order valence-corrected chi connectivity index (χ3v) is 4.30. The molecule has 130 valence electrons. The second-order valence-corrected chi connectivity index (χ2v) is 6.18. The van der Waals surface area contributed by atoms with Crippen LogP contribution in [0.15, 0.2) is 46.0 Å². The maximum absolute atomic E-state index is 6.04. The zero-order valence-electron chi connectivity index (χ0n) is 14.2. The van der Waals surface area contributed by atoms with Gasteiger partial charge in [0.2, 0.25) is 0 Å². The van der Waals surface area contributed by atoms with Gasteiger partial charge in [0, 0.05) is 5.69 Å². The van der Waals surface area contributed by atoms with E-state index in [-0.39, 0.29) is 30.0 Å². The van der Waals surface area contributed by atoms with Gasteiger partial charge in [-0.2, -0.15) is 0 Å². The molecule has 1 aliphatic carbocycles. The van der Waals surface area contributed by atoms with E-state index in [1.807, 2.05) is 26.2 Å². The van der Waals surface area contributed by atoms with Crippen molar-refractivity contribution in [2.75, 3.05) is 26.0 Å². The lowest BCUT2D eigenvalue weighted by molar-refractivity contribution is 0.265. The Bertz CT molecular complexity index is 682. The van der Waals surface area contributed by atoms with Crippen molar-refractivity contribution >= 4 is 35.6 Å². The fourth-order valence-electron chi connectivity index (χ4n) is 3.01. The number of guanidine groups is 1. The van der Waals surface area contributed by atoms with Crippen molar-refractivity contribution < 1.29 is 4.42 Å². The highest BCUT2D eigenvalue weighted by atomic mass is 127. The second-order valence-electron chi connectivity index (χ2n) is 6.18. The third-order valence-electron chi connectivity index (χ3n) is 4.30. The largest absolute Gasteiger partial charge is 0.468 e. The molecule has 24 heavy (non-hydrogen) atoms. The van der Waals surface area contributed by atoms with Crippen LogP contribution in [0, 0.1) is 0 Å². The second kappa shape index (κ2) is 8.53. The monoisotopic (exact) mass is 440 g/mol. The van der Waals surface area contributed by atoms with Crippen molar-refractivity contribution in [1.29, 1.82) is 0 Å². The molecule has 0 bridgehead atoms. The van der Waals surface area contributed by atoms with Crippen LogP contribution >= 0.6 is 24.0 Å². The number of likely N-dealkylation sites (N-methyl/N-ethyl adjacent to an activating group) is 1. The van der Waals surface area contributed by atoms with Gasteiger partial charge in [0.15, 0.2) is 5.96 Å². The van der Waals surface area contributed by atoms with E-state index in [1.165, 1.54) is 24.0 Å². The normalized spacial score (nSPS) is 15.0. The van der Waals surface area contributed by atoms with Crippen molar-refractivity contribution in [3.63, 3.8) is 0 Å². The standard InChI is InChI=1S/C18H24N4O.HI/c1-22(2)16(17-7-4-10-23-17)12-20-18(19)21-15-9-8-13-5-3-6-14(13)11-15;/h4,7-11,16H,3,5-6,12H2,1-2H3,(H3,19,20,21);1H. The van der Waals surface area contributed by atoms with Crippen LogP contribution in [0.2, 0.25) is 0 Å². The first kappa shape index (κ1) is 18.8. The number of aliphatic imine (C=N–C) groups is 1. The molecule has 0 radical (unpaired) electrons. The highest BCUT2D eigenvalue weighted by Crippen LogP contribution is 2.25. The van der Waals surface area contributed by atoms with Gasteiger partial charge in [0.1, 0.15) is 5.76 Å². The van der Waals surface area contributed by atoms with E-state index in [0.29, 0.717) is 12.5 Å². The first-order valence-electron chi connectivity index (χ1n) is 8.02. The quantitative estimate of drug-likeness (QED) is 0.425. The Kier molecular flexibility index (Phi) is 6.68. The summed E-state index contributed by atoms with van der Waals surface area (Å²) in [5.74, 6) is 1.32. The third kappa shape index (κ3) is 4.51. The van der Waals surface area contributed by atoms with Crippen LogP contribution in [-0.2, 0) is 12.8 Å². The summed E-state index contributed by atoms with van der Waals surface area (Å²) in [6.45, 7) is 0.546. The zero-order chi connectivity index (χ0) is 16.2. The molecule has 1 aliphatic rings. The van der Waals surface area contributed by atoms with Gasteiger partial charge in [-0.15, -0.1) is 24.0 Å². The van der Waals surface area contributed by atoms with Crippen molar-refractivity contribution in [2.24, 2.45) is 10.7 Å². The number of anilines is 1. The molecule has 6 heteroatoms. The molecule has 1 aromatic carbocycles. The van der Waals surface area contributed by atoms with Gasteiger partial charge in [-0.05, 0) is 68.8 Å². The van der Waals surface area contributed by atoms with Gasteiger partial charge in [0.25, 0.3) is 0 Å². The van der Waals surface area contributed by atoms with Crippen molar-refractivity contribution in [1.82, 2.24) is 4.90 Å². The Morgan fingerprint density at radius 3 is 2.79 bits per heavy atom. The molecular formula is C18H25IN4O. The number of benzene rings is 1. The molecule has 1 aromatic heterocycles. The first-order chi connectivity index (χ1) is 11.1. The topological polar surface area (TPSA) is 66.8 Å². The summed E-state index contributed by atoms with van der Waals surface area (Å²) >= 11 is 0. The molecule has 3 N–H and O–H groups in total. The summed E-state index contributed by atoms with van der Waals surface area (Å²) in [5.41, 5.74) is 9.92. The Labute approximate surface area is 160 Å².